The average molecular weight is 553 g/mol. The van der Waals surface area contributed by atoms with Gasteiger partial charge in [-0.2, -0.15) is 0 Å². The van der Waals surface area contributed by atoms with E-state index >= 15 is 0 Å². The van der Waals surface area contributed by atoms with Crippen LogP contribution in [0.4, 0.5) is 0 Å². The molecule has 0 saturated heterocycles. The number of carbonyl (C=O) groups excluding carboxylic acids is 2. The van der Waals surface area contributed by atoms with Gasteiger partial charge in [0, 0.05) is 41.6 Å². The molecule has 3 rings (SSSR count). The van der Waals surface area contributed by atoms with E-state index in [4.69, 9.17) is 0 Å². The summed E-state index contributed by atoms with van der Waals surface area (Å²) in [5.74, 6) is -0.0891. The van der Waals surface area contributed by atoms with Crippen LogP contribution in [0, 0.1) is 0 Å². The Hall–Kier alpha value is -2.86. The van der Waals surface area contributed by atoms with Crippen LogP contribution in [0.1, 0.15) is 67.2 Å². The van der Waals surface area contributed by atoms with Gasteiger partial charge in [-0.25, -0.2) is 0 Å². The molecule has 6 heteroatoms. The molecular weight excluding hydrogens is 514 g/mol. The van der Waals surface area contributed by atoms with Gasteiger partial charge >= 0.3 is 0 Å². The van der Waals surface area contributed by atoms with Crippen molar-refractivity contribution >= 4 is 27.7 Å². The lowest BCUT2D eigenvalue weighted by Gasteiger charge is -2.28. The van der Waals surface area contributed by atoms with Crippen LogP contribution in [0.3, 0.4) is 0 Å². The van der Waals surface area contributed by atoms with Crippen molar-refractivity contribution in [3.63, 3.8) is 0 Å². The minimum atomic E-state index is -0.0816. The van der Waals surface area contributed by atoms with Crippen molar-refractivity contribution in [1.82, 2.24) is 14.4 Å². The average Bonchev–Trinajstić information content (AvgIpc) is 3.33. The van der Waals surface area contributed by atoms with Crippen LogP contribution >= 0.6 is 15.9 Å². The molecule has 2 aromatic carbocycles. The van der Waals surface area contributed by atoms with E-state index in [0.29, 0.717) is 25.2 Å². The van der Waals surface area contributed by atoms with E-state index in [0.717, 1.165) is 42.4 Å². The molecule has 0 atom stereocenters. The number of benzene rings is 2. The van der Waals surface area contributed by atoms with Crippen molar-refractivity contribution in [2.45, 2.75) is 59.5 Å². The number of unbranched alkanes of at least 4 members (excludes halogenated alkanes) is 1. The molecule has 0 saturated carbocycles. The molecule has 0 spiro atoms. The second-order valence-electron chi connectivity index (χ2n) is 9.20. The summed E-state index contributed by atoms with van der Waals surface area (Å²) in [6.07, 6.45) is 5.73. The van der Waals surface area contributed by atoms with E-state index in [2.05, 4.69) is 58.7 Å². The van der Waals surface area contributed by atoms with Gasteiger partial charge in [0.05, 0.1) is 6.54 Å². The molecule has 0 unspecified atom stereocenters. The molecule has 0 aliphatic heterocycles. The van der Waals surface area contributed by atoms with Gasteiger partial charge in [-0.3, -0.25) is 9.59 Å². The Balaban J connectivity index is 1.73. The van der Waals surface area contributed by atoms with Crippen molar-refractivity contribution in [1.29, 1.82) is 0 Å². The number of rotatable bonds is 13. The third-order valence-electron chi connectivity index (χ3n) is 6.39. The minimum absolute atomic E-state index is 0.00757. The fraction of sp³-hybridized carbons (Fsp3) is 0.400. The first-order chi connectivity index (χ1) is 17.4. The van der Waals surface area contributed by atoms with Crippen molar-refractivity contribution in [2.75, 3.05) is 19.6 Å². The summed E-state index contributed by atoms with van der Waals surface area (Å²) in [7, 11) is 0. The molecule has 0 radical (unpaired) electrons. The predicted octanol–water partition coefficient (Wildman–Crippen LogP) is 6.54. The number of hydrogen-bond acceptors (Lipinski definition) is 2. The molecule has 5 nitrogen and oxygen atoms in total. The smallest absolute Gasteiger partial charge is 0.254 e. The van der Waals surface area contributed by atoms with Crippen molar-refractivity contribution < 1.29 is 9.59 Å². The van der Waals surface area contributed by atoms with Crippen LogP contribution in [0.2, 0.25) is 0 Å². The van der Waals surface area contributed by atoms with E-state index in [9.17, 15) is 9.59 Å². The number of carbonyl (C=O) groups is 2. The van der Waals surface area contributed by atoms with E-state index in [1.165, 1.54) is 11.1 Å². The summed E-state index contributed by atoms with van der Waals surface area (Å²) >= 11 is 3.49. The van der Waals surface area contributed by atoms with E-state index in [1.54, 1.807) is 4.90 Å². The number of nitrogens with zero attached hydrogens (tertiary/aromatic N) is 3. The molecule has 0 N–H and O–H groups in total. The Morgan fingerprint density at radius 2 is 1.53 bits per heavy atom. The molecule has 0 aliphatic rings. The van der Waals surface area contributed by atoms with Crippen LogP contribution in [0.15, 0.2) is 71.3 Å². The summed E-state index contributed by atoms with van der Waals surface area (Å²) in [5, 5.41) is 0. The maximum absolute atomic E-state index is 13.5. The molecule has 36 heavy (non-hydrogen) atoms. The van der Waals surface area contributed by atoms with Gasteiger partial charge in [0.15, 0.2) is 0 Å². The Morgan fingerprint density at radius 1 is 0.833 bits per heavy atom. The van der Waals surface area contributed by atoms with Crippen LogP contribution in [0.25, 0.3) is 0 Å². The zero-order valence-electron chi connectivity index (χ0n) is 21.8. The SMILES string of the molecule is CCCCN(Cc1cccn1Cc1ccc(Br)cc1)C(=O)CN(CCC)C(=O)c1ccc(CC)cc1. The molecule has 1 aromatic heterocycles. The van der Waals surface area contributed by atoms with Gasteiger partial charge in [0.25, 0.3) is 5.91 Å². The summed E-state index contributed by atoms with van der Waals surface area (Å²) < 4.78 is 3.25. The minimum Gasteiger partial charge on any atom is -0.345 e. The highest BCUT2D eigenvalue weighted by Crippen LogP contribution is 2.16. The summed E-state index contributed by atoms with van der Waals surface area (Å²) in [5.41, 5.74) is 4.13. The van der Waals surface area contributed by atoms with E-state index in [1.807, 2.05) is 54.3 Å². The second kappa shape index (κ2) is 14.0. The fourth-order valence-corrected chi connectivity index (χ4v) is 4.49. The van der Waals surface area contributed by atoms with Crippen LogP contribution < -0.4 is 0 Å². The van der Waals surface area contributed by atoms with Gasteiger partial charge < -0.3 is 14.4 Å². The van der Waals surface area contributed by atoms with Gasteiger partial charge in [0.1, 0.15) is 6.54 Å². The fourth-order valence-electron chi connectivity index (χ4n) is 4.22. The Labute approximate surface area is 224 Å². The molecule has 2 amide bonds. The molecule has 0 bridgehead atoms. The third-order valence-corrected chi connectivity index (χ3v) is 6.92. The Kier molecular flexibility index (Phi) is 10.8. The zero-order valence-corrected chi connectivity index (χ0v) is 23.3. The zero-order chi connectivity index (χ0) is 25.9. The molecular formula is C30H38BrN3O2. The number of hydrogen-bond donors (Lipinski definition) is 0. The van der Waals surface area contributed by atoms with Crippen LogP contribution in [0.5, 0.6) is 0 Å². The van der Waals surface area contributed by atoms with Crippen molar-refractivity contribution in [2.24, 2.45) is 0 Å². The Morgan fingerprint density at radius 3 is 2.17 bits per heavy atom. The topological polar surface area (TPSA) is 45.6 Å². The van der Waals surface area contributed by atoms with E-state index < -0.39 is 0 Å². The highest BCUT2D eigenvalue weighted by atomic mass is 79.9. The van der Waals surface area contributed by atoms with Gasteiger partial charge in [0.2, 0.25) is 5.91 Å². The Bertz CT molecular complexity index is 1110. The van der Waals surface area contributed by atoms with Crippen molar-refractivity contribution in [3.05, 3.63) is 93.7 Å². The lowest BCUT2D eigenvalue weighted by atomic mass is 10.1. The molecule has 0 aliphatic carbocycles. The van der Waals surface area contributed by atoms with E-state index in [-0.39, 0.29) is 18.4 Å². The quantitative estimate of drug-likeness (QED) is 0.242. The number of aromatic nitrogens is 1. The first-order valence-electron chi connectivity index (χ1n) is 13.0. The highest BCUT2D eigenvalue weighted by molar-refractivity contribution is 9.10. The summed E-state index contributed by atoms with van der Waals surface area (Å²) in [6, 6.07) is 20.1. The molecule has 192 valence electrons. The molecule has 0 fully saturated rings. The lowest BCUT2D eigenvalue weighted by molar-refractivity contribution is -0.132. The van der Waals surface area contributed by atoms with Crippen LogP contribution in [-0.2, 0) is 24.3 Å². The molecule has 1 heterocycles. The number of amides is 2. The van der Waals surface area contributed by atoms with Crippen LogP contribution in [-0.4, -0.2) is 45.8 Å². The van der Waals surface area contributed by atoms with Crippen molar-refractivity contribution in [3.8, 4) is 0 Å². The monoisotopic (exact) mass is 551 g/mol. The van der Waals surface area contributed by atoms with Gasteiger partial charge in [-0.15, -0.1) is 0 Å². The van der Waals surface area contributed by atoms with Gasteiger partial charge in [-0.1, -0.05) is 67.4 Å². The second-order valence-corrected chi connectivity index (χ2v) is 10.1. The maximum atomic E-state index is 13.5. The standard InChI is InChI=1S/C30H38BrN3O2/c1-4-7-19-33(22-28-9-8-20-32(28)21-25-12-16-27(31)17-13-25)29(35)23-34(18-5-2)30(36)26-14-10-24(6-3)11-15-26/h8-17,20H,4-7,18-19,21-23H2,1-3H3. The van der Waals surface area contributed by atoms with Gasteiger partial charge in [-0.05, 0) is 66.8 Å². The largest absolute Gasteiger partial charge is 0.345 e. The summed E-state index contributed by atoms with van der Waals surface area (Å²) in [6.45, 7) is 8.88. The first kappa shape index (κ1) is 27.7. The lowest BCUT2D eigenvalue weighted by Crippen LogP contribution is -2.43. The number of halogens is 1. The maximum Gasteiger partial charge on any atom is 0.254 e. The third kappa shape index (κ3) is 7.82. The molecule has 3 aromatic rings. The predicted molar refractivity (Wildman–Crippen MR) is 150 cm³/mol. The normalized spacial score (nSPS) is 10.9. The summed E-state index contributed by atoms with van der Waals surface area (Å²) in [4.78, 5) is 30.4. The highest BCUT2D eigenvalue weighted by Gasteiger charge is 2.22. The first-order valence-corrected chi connectivity index (χ1v) is 13.8. The number of aryl methyl sites for hydroxylation is 1.